The monoisotopic (exact) mass is 298 g/mol. The van der Waals surface area contributed by atoms with Gasteiger partial charge in [-0.05, 0) is 20.0 Å². The van der Waals surface area contributed by atoms with Gasteiger partial charge in [-0.2, -0.15) is 0 Å². The lowest BCUT2D eigenvalue weighted by Gasteiger charge is -2.12. The highest BCUT2D eigenvalue weighted by atomic mass is 32.2. The number of hydrogen-bond donors (Lipinski definition) is 3. The van der Waals surface area contributed by atoms with Gasteiger partial charge >= 0.3 is 0 Å². The molecule has 8 nitrogen and oxygen atoms in total. The first-order valence-corrected chi connectivity index (χ1v) is 7.60. The van der Waals surface area contributed by atoms with Crippen molar-refractivity contribution in [3.05, 3.63) is 30.1 Å². The number of nitrogens with one attached hydrogen (secondary N) is 3. The van der Waals surface area contributed by atoms with Crippen LogP contribution in [0.15, 0.2) is 23.5 Å². The lowest BCUT2D eigenvalue weighted by molar-refractivity contribution is 0.553. The zero-order valence-corrected chi connectivity index (χ0v) is 12.4. The molecule has 110 valence electrons. The number of nitrogens with zero attached hydrogens (tertiary/aromatic N) is 3. The number of hydrogen-bond acceptors (Lipinski definition) is 5. The van der Waals surface area contributed by atoms with Gasteiger partial charge in [0, 0.05) is 25.5 Å². The van der Waals surface area contributed by atoms with E-state index in [0.717, 1.165) is 5.69 Å². The fraction of sp³-hybridized carbons (Fsp3) is 0.455. The van der Waals surface area contributed by atoms with E-state index < -0.39 is 16.1 Å². The van der Waals surface area contributed by atoms with E-state index in [2.05, 4.69) is 25.2 Å². The summed E-state index contributed by atoms with van der Waals surface area (Å²) in [7, 11) is -0.0296. The summed E-state index contributed by atoms with van der Waals surface area (Å²) in [6, 6.07) is 1.14. The van der Waals surface area contributed by atoms with E-state index in [9.17, 15) is 8.42 Å². The van der Waals surface area contributed by atoms with Crippen LogP contribution in [0.5, 0.6) is 0 Å². The number of aryl methyl sites for hydroxylation is 1. The minimum Gasteiger partial charge on any atom is -0.363 e. The highest BCUT2D eigenvalue weighted by Gasteiger charge is 2.22. The van der Waals surface area contributed by atoms with Crippen molar-refractivity contribution in [2.24, 2.45) is 7.05 Å². The average molecular weight is 298 g/mol. The Morgan fingerprint density at radius 2 is 2.25 bits per heavy atom. The van der Waals surface area contributed by atoms with Crippen LogP contribution in [0, 0.1) is 0 Å². The van der Waals surface area contributed by atoms with Crippen molar-refractivity contribution in [3.63, 3.8) is 0 Å². The maximum atomic E-state index is 12.3. The third kappa shape index (κ3) is 3.06. The molecule has 3 N–H and O–H groups in total. The van der Waals surface area contributed by atoms with E-state index in [1.165, 1.54) is 12.5 Å². The smallest absolute Gasteiger partial charge is 0.242 e. The van der Waals surface area contributed by atoms with E-state index in [4.69, 9.17) is 0 Å². The molecule has 0 spiro atoms. The summed E-state index contributed by atoms with van der Waals surface area (Å²) >= 11 is 0. The fourth-order valence-corrected chi connectivity index (χ4v) is 3.12. The predicted molar refractivity (Wildman–Crippen MR) is 73.3 cm³/mol. The summed E-state index contributed by atoms with van der Waals surface area (Å²) in [6.45, 7) is 2.30. The second kappa shape index (κ2) is 5.73. The molecule has 0 radical (unpaired) electrons. The van der Waals surface area contributed by atoms with Gasteiger partial charge in [-0.15, -0.1) is 10.2 Å². The van der Waals surface area contributed by atoms with Gasteiger partial charge < -0.3 is 14.9 Å². The van der Waals surface area contributed by atoms with Crippen LogP contribution in [-0.4, -0.2) is 35.2 Å². The third-order valence-electron chi connectivity index (χ3n) is 2.86. The van der Waals surface area contributed by atoms with Crippen molar-refractivity contribution >= 4 is 10.0 Å². The highest BCUT2D eigenvalue weighted by Crippen LogP contribution is 2.15. The van der Waals surface area contributed by atoms with Crippen LogP contribution in [0.2, 0.25) is 0 Å². The average Bonchev–Trinajstić information content (AvgIpc) is 2.98. The van der Waals surface area contributed by atoms with Gasteiger partial charge in [0.25, 0.3) is 0 Å². The number of sulfonamides is 1. The Bertz CT molecular complexity index is 675. The summed E-state index contributed by atoms with van der Waals surface area (Å²) < 4.78 is 28.8. The minimum absolute atomic E-state index is 0.205. The topological polar surface area (TPSA) is 105 Å². The van der Waals surface area contributed by atoms with E-state index in [1.54, 1.807) is 31.7 Å². The van der Waals surface area contributed by atoms with Crippen LogP contribution in [0.25, 0.3) is 0 Å². The number of aromatic nitrogens is 4. The summed E-state index contributed by atoms with van der Waals surface area (Å²) in [5, 5.41) is 10.6. The molecule has 9 heteroatoms. The number of aromatic amines is 1. The first-order chi connectivity index (χ1) is 9.44. The SMILES string of the molecule is CNCc1cc(S(=O)(=O)NC(C)c2nncn2C)c[nH]1. The first-order valence-electron chi connectivity index (χ1n) is 6.12. The molecule has 1 unspecified atom stereocenters. The molecule has 20 heavy (non-hydrogen) atoms. The minimum atomic E-state index is -3.59. The maximum absolute atomic E-state index is 12.3. The van der Waals surface area contributed by atoms with Gasteiger partial charge in [0.15, 0.2) is 0 Å². The molecular weight excluding hydrogens is 280 g/mol. The van der Waals surface area contributed by atoms with Gasteiger partial charge in [0.2, 0.25) is 10.0 Å². The molecule has 0 saturated carbocycles. The molecule has 2 heterocycles. The van der Waals surface area contributed by atoms with Crippen LogP contribution in [0.3, 0.4) is 0 Å². The van der Waals surface area contributed by atoms with Crippen molar-refractivity contribution in [1.29, 1.82) is 0 Å². The van der Waals surface area contributed by atoms with Crippen LogP contribution >= 0.6 is 0 Å². The van der Waals surface area contributed by atoms with Gasteiger partial charge in [0.05, 0.1) is 10.9 Å². The highest BCUT2D eigenvalue weighted by molar-refractivity contribution is 7.89. The number of H-pyrrole nitrogens is 1. The fourth-order valence-electron chi connectivity index (χ4n) is 1.90. The zero-order valence-electron chi connectivity index (χ0n) is 11.6. The molecule has 2 aromatic heterocycles. The molecule has 0 saturated heterocycles. The molecule has 0 aromatic carbocycles. The summed E-state index contributed by atoms with van der Waals surface area (Å²) in [6.07, 6.45) is 3.00. The summed E-state index contributed by atoms with van der Waals surface area (Å²) in [4.78, 5) is 3.12. The van der Waals surface area contributed by atoms with E-state index in [1.807, 2.05) is 0 Å². The molecule has 0 aliphatic carbocycles. The third-order valence-corrected chi connectivity index (χ3v) is 4.38. The normalized spacial score (nSPS) is 13.6. The zero-order chi connectivity index (χ0) is 14.8. The van der Waals surface area contributed by atoms with Gasteiger partial charge in [0.1, 0.15) is 12.2 Å². The lowest BCUT2D eigenvalue weighted by atomic mass is 10.3. The van der Waals surface area contributed by atoms with E-state index in [-0.39, 0.29) is 4.90 Å². The lowest BCUT2D eigenvalue weighted by Crippen LogP contribution is -2.28. The van der Waals surface area contributed by atoms with Gasteiger partial charge in [-0.25, -0.2) is 13.1 Å². The second-order valence-corrected chi connectivity index (χ2v) is 6.25. The van der Waals surface area contributed by atoms with Crippen molar-refractivity contribution < 1.29 is 8.42 Å². The Morgan fingerprint density at radius 1 is 1.50 bits per heavy atom. The molecule has 0 fully saturated rings. The van der Waals surface area contributed by atoms with Crippen LogP contribution in [0.4, 0.5) is 0 Å². The predicted octanol–water partition coefficient (Wildman–Crippen LogP) is -0.0979. The molecule has 2 aromatic rings. The Labute approximate surface area is 117 Å². The molecule has 0 aliphatic heterocycles. The van der Waals surface area contributed by atoms with Crippen molar-refractivity contribution in [2.75, 3.05) is 7.05 Å². The van der Waals surface area contributed by atoms with Gasteiger partial charge in [-0.3, -0.25) is 0 Å². The van der Waals surface area contributed by atoms with E-state index >= 15 is 0 Å². The molecular formula is C11H18N6O2S. The standard InChI is InChI=1S/C11H18N6O2S/c1-8(11-15-14-7-17(11)3)16-20(18,19)10-4-9(5-12-2)13-6-10/h4,6-8,12-13,16H,5H2,1-3H3. The summed E-state index contributed by atoms with van der Waals surface area (Å²) in [5.74, 6) is 0.555. The summed E-state index contributed by atoms with van der Waals surface area (Å²) in [5.41, 5.74) is 0.805. The maximum Gasteiger partial charge on any atom is 0.242 e. The van der Waals surface area contributed by atoms with E-state index in [0.29, 0.717) is 12.4 Å². The molecule has 0 bridgehead atoms. The van der Waals surface area contributed by atoms with Crippen LogP contribution < -0.4 is 10.0 Å². The second-order valence-electron chi connectivity index (χ2n) is 4.53. The van der Waals surface area contributed by atoms with Crippen LogP contribution in [0.1, 0.15) is 24.5 Å². The van der Waals surface area contributed by atoms with Crippen molar-refractivity contribution in [1.82, 2.24) is 29.8 Å². The Kier molecular flexibility index (Phi) is 4.21. The largest absolute Gasteiger partial charge is 0.363 e. The molecule has 0 aliphatic rings. The van der Waals surface area contributed by atoms with Gasteiger partial charge in [-0.1, -0.05) is 0 Å². The Hall–Kier alpha value is -1.71. The molecule has 2 rings (SSSR count). The Balaban J connectivity index is 2.16. The van der Waals surface area contributed by atoms with Crippen molar-refractivity contribution in [2.45, 2.75) is 24.4 Å². The first kappa shape index (κ1) is 14.7. The molecule has 1 atom stereocenters. The number of rotatable bonds is 6. The van der Waals surface area contributed by atoms with Crippen molar-refractivity contribution in [3.8, 4) is 0 Å². The Morgan fingerprint density at radius 3 is 2.85 bits per heavy atom. The quantitative estimate of drug-likeness (QED) is 0.691. The van der Waals surface area contributed by atoms with Crippen LogP contribution in [-0.2, 0) is 23.6 Å². The molecule has 0 amide bonds.